The largest absolute Gasteiger partial charge is 0.467 e. The number of furan rings is 2. The van der Waals surface area contributed by atoms with Crippen LogP contribution in [0.4, 0.5) is 0 Å². The second kappa shape index (κ2) is 9.29. The maximum atomic E-state index is 13.2. The fourth-order valence-electron chi connectivity index (χ4n) is 3.63. The van der Waals surface area contributed by atoms with E-state index < -0.39 is 0 Å². The predicted octanol–water partition coefficient (Wildman–Crippen LogP) is 4.18. The Morgan fingerprint density at radius 2 is 1.97 bits per heavy atom. The molecule has 5 rings (SSSR count). The molecule has 1 aliphatic heterocycles. The second-order valence-corrected chi connectivity index (χ2v) is 8.17. The lowest BCUT2D eigenvalue weighted by Crippen LogP contribution is -2.28. The summed E-state index contributed by atoms with van der Waals surface area (Å²) in [5.41, 5.74) is 1.59. The molecule has 0 saturated heterocycles. The van der Waals surface area contributed by atoms with Crippen molar-refractivity contribution < 1.29 is 13.6 Å². The molecule has 166 valence electrons. The molecular formula is C23H20N6O3S. The van der Waals surface area contributed by atoms with Gasteiger partial charge in [0.05, 0.1) is 18.3 Å². The van der Waals surface area contributed by atoms with Gasteiger partial charge < -0.3 is 8.83 Å². The summed E-state index contributed by atoms with van der Waals surface area (Å²) in [5.74, 6) is 1.98. The second-order valence-electron chi connectivity index (χ2n) is 7.23. The summed E-state index contributed by atoms with van der Waals surface area (Å²) < 4.78 is 13.0. The van der Waals surface area contributed by atoms with Gasteiger partial charge in [0.25, 0.3) is 5.91 Å². The van der Waals surface area contributed by atoms with E-state index >= 15 is 0 Å². The summed E-state index contributed by atoms with van der Waals surface area (Å²) >= 11 is 1.31. The van der Waals surface area contributed by atoms with Gasteiger partial charge in [-0.25, -0.2) is 5.01 Å². The van der Waals surface area contributed by atoms with E-state index in [0.29, 0.717) is 41.2 Å². The number of thioether (sulfide) groups is 1. The van der Waals surface area contributed by atoms with Gasteiger partial charge in [0.1, 0.15) is 23.3 Å². The van der Waals surface area contributed by atoms with Gasteiger partial charge in [-0.15, -0.1) is 16.8 Å². The molecule has 0 saturated carbocycles. The summed E-state index contributed by atoms with van der Waals surface area (Å²) in [6.45, 7) is 4.35. The zero-order valence-electron chi connectivity index (χ0n) is 17.6. The molecule has 0 radical (unpaired) electrons. The molecule has 1 aliphatic rings. The van der Waals surface area contributed by atoms with E-state index in [0.717, 1.165) is 5.56 Å². The molecule has 10 heteroatoms. The molecule has 4 aromatic rings. The van der Waals surface area contributed by atoms with Crippen molar-refractivity contribution in [1.82, 2.24) is 24.8 Å². The third-order valence-electron chi connectivity index (χ3n) is 5.13. The zero-order valence-corrected chi connectivity index (χ0v) is 18.4. The average molecular weight is 461 g/mol. The molecule has 0 spiro atoms. The van der Waals surface area contributed by atoms with Crippen LogP contribution in [0.1, 0.15) is 24.0 Å². The number of hydrogen-bond donors (Lipinski definition) is 0. The average Bonchev–Trinajstić information content (AvgIpc) is 3.64. The number of allylic oxidation sites excluding steroid dienone is 1. The van der Waals surface area contributed by atoms with Crippen molar-refractivity contribution >= 4 is 23.4 Å². The molecule has 0 N–H and O–H groups in total. The number of nitrogens with zero attached hydrogens (tertiary/aromatic N) is 6. The van der Waals surface area contributed by atoms with E-state index in [2.05, 4.69) is 26.9 Å². The SMILES string of the molecule is C=CCn1c(SCC(=O)N2N=C(c3ccco3)C[C@@H]2c2ccco2)nnc1-c1ccncc1. The van der Waals surface area contributed by atoms with E-state index in [1.54, 1.807) is 43.1 Å². The number of hydrazone groups is 1. The van der Waals surface area contributed by atoms with Crippen LogP contribution in [0.25, 0.3) is 11.4 Å². The van der Waals surface area contributed by atoms with Crippen molar-refractivity contribution in [2.45, 2.75) is 24.2 Å². The molecule has 4 aromatic heterocycles. The van der Waals surface area contributed by atoms with Crippen LogP contribution in [0.5, 0.6) is 0 Å². The van der Waals surface area contributed by atoms with E-state index in [9.17, 15) is 4.79 Å². The van der Waals surface area contributed by atoms with E-state index in [1.165, 1.54) is 16.8 Å². The normalized spacial score (nSPS) is 15.6. The van der Waals surface area contributed by atoms with Gasteiger partial charge in [-0.05, 0) is 36.4 Å². The molecule has 0 fully saturated rings. The number of carbonyl (C=O) groups is 1. The summed E-state index contributed by atoms with van der Waals surface area (Å²) in [6, 6.07) is 10.7. The van der Waals surface area contributed by atoms with Gasteiger partial charge in [0, 0.05) is 30.9 Å². The van der Waals surface area contributed by atoms with Crippen LogP contribution in [-0.2, 0) is 11.3 Å². The number of pyridine rings is 1. The first kappa shape index (κ1) is 21.0. The predicted molar refractivity (Wildman–Crippen MR) is 122 cm³/mol. The van der Waals surface area contributed by atoms with Crippen molar-refractivity contribution in [2.24, 2.45) is 5.10 Å². The lowest BCUT2D eigenvalue weighted by atomic mass is 10.1. The van der Waals surface area contributed by atoms with Crippen LogP contribution in [0.2, 0.25) is 0 Å². The Morgan fingerprint density at radius 3 is 2.70 bits per heavy atom. The Balaban J connectivity index is 1.36. The van der Waals surface area contributed by atoms with Crippen LogP contribution in [0, 0.1) is 0 Å². The van der Waals surface area contributed by atoms with Crippen LogP contribution >= 0.6 is 11.8 Å². The number of carbonyl (C=O) groups excluding carboxylic acids is 1. The minimum absolute atomic E-state index is 0.137. The van der Waals surface area contributed by atoms with Gasteiger partial charge in [-0.2, -0.15) is 5.10 Å². The van der Waals surface area contributed by atoms with Gasteiger partial charge >= 0.3 is 0 Å². The van der Waals surface area contributed by atoms with E-state index in [-0.39, 0.29) is 17.7 Å². The third kappa shape index (κ3) is 4.24. The molecule has 0 unspecified atom stereocenters. The van der Waals surface area contributed by atoms with Gasteiger partial charge in [0.2, 0.25) is 0 Å². The molecule has 1 amide bonds. The maximum Gasteiger partial charge on any atom is 0.253 e. The molecule has 5 heterocycles. The van der Waals surface area contributed by atoms with E-state index in [4.69, 9.17) is 8.83 Å². The molecule has 0 aromatic carbocycles. The van der Waals surface area contributed by atoms with Crippen LogP contribution in [-0.4, -0.2) is 42.1 Å². The van der Waals surface area contributed by atoms with E-state index in [1.807, 2.05) is 28.8 Å². The summed E-state index contributed by atoms with van der Waals surface area (Å²) in [4.78, 5) is 17.3. The summed E-state index contributed by atoms with van der Waals surface area (Å²) in [5, 5.41) is 15.3. The first-order valence-electron chi connectivity index (χ1n) is 10.3. The summed E-state index contributed by atoms with van der Waals surface area (Å²) in [6.07, 6.45) is 8.87. The fourth-order valence-corrected chi connectivity index (χ4v) is 4.43. The molecule has 9 nitrogen and oxygen atoms in total. The topological polar surface area (TPSA) is 103 Å². The highest BCUT2D eigenvalue weighted by Gasteiger charge is 2.35. The highest BCUT2D eigenvalue weighted by atomic mass is 32.2. The standard InChI is InChI=1S/C23H20N6O3S/c1-2-11-28-22(16-7-9-24-10-8-16)25-26-23(28)33-15-21(30)29-18(20-6-4-13-32-20)14-17(27-29)19-5-3-12-31-19/h2-10,12-13,18H,1,11,14-15H2/t18-/m1/s1. The lowest BCUT2D eigenvalue weighted by Gasteiger charge is -2.19. The Morgan fingerprint density at radius 1 is 1.15 bits per heavy atom. The van der Waals surface area contributed by atoms with Crippen LogP contribution in [0.15, 0.2) is 93.1 Å². The minimum Gasteiger partial charge on any atom is -0.467 e. The number of amides is 1. The molecular weight excluding hydrogens is 440 g/mol. The first-order chi connectivity index (χ1) is 16.2. The van der Waals surface area contributed by atoms with Crippen molar-refractivity contribution in [3.8, 4) is 11.4 Å². The highest BCUT2D eigenvalue weighted by molar-refractivity contribution is 7.99. The number of aromatic nitrogens is 4. The third-order valence-corrected chi connectivity index (χ3v) is 6.09. The lowest BCUT2D eigenvalue weighted by molar-refractivity contribution is -0.130. The fraction of sp³-hybridized carbons (Fsp3) is 0.174. The van der Waals surface area contributed by atoms with Gasteiger partial charge in [-0.1, -0.05) is 17.8 Å². The number of rotatable bonds is 8. The van der Waals surface area contributed by atoms with Gasteiger partial charge in [0.15, 0.2) is 11.0 Å². The maximum absolute atomic E-state index is 13.2. The molecule has 0 bridgehead atoms. The zero-order chi connectivity index (χ0) is 22.6. The molecule has 33 heavy (non-hydrogen) atoms. The van der Waals surface area contributed by atoms with Gasteiger partial charge in [-0.3, -0.25) is 14.3 Å². The van der Waals surface area contributed by atoms with Crippen LogP contribution in [0.3, 0.4) is 0 Å². The van der Waals surface area contributed by atoms with Crippen LogP contribution < -0.4 is 0 Å². The minimum atomic E-state index is -0.327. The quantitative estimate of drug-likeness (QED) is 0.287. The first-order valence-corrected chi connectivity index (χ1v) is 11.3. The Labute approximate surface area is 193 Å². The Hall–Kier alpha value is -3.92. The monoisotopic (exact) mass is 460 g/mol. The Kier molecular flexibility index (Phi) is 5.90. The molecule has 1 atom stereocenters. The smallest absolute Gasteiger partial charge is 0.253 e. The summed E-state index contributed by atoms with van der Waals surface area (Å²) in [7, 11) is 0. The molecule has 0 aliphatic carbocycles. The Bertz CT molecular complexity index is 1270. The van der Waals surface area contributed by atoms with Crippen molar-refractivity contribution in [1.29, 1.82) is 0 Å². The van der Waals surface area contributed by atoms with Crippen molar-refractivity contribution in [3.05, 3.63) is 85.5 Å². The highest BCUT2D eigenvalue weighted by Crippen LogP contribution is 2.34. The van der Waals surface area contributed by atoms with Crippen molar-refractivity contribution in [3.63, 3.8) is 0 Å². The number of hydrogen-bond acceptors (Lipinski definition) is 8. The van der Waals surface area contributed by atoms with Crippen molar-refractivity contribution in [2.75, 3.05) is 5.75 Å².